The number of nitrogens with two attached hydrogens (primary N) is 1. The fraction of sp³-hybridized carbons (Fsp3) is 0.211. The first-order valence-electron chi connectivity index (χ1n) is 8.15. The summed E-state index contributed by atoms with van der Waals surface area (Å²) in [7, 11) is 1.42. The van der Waals surface area contributed by atoms with Crippen molar-refractivity contribution < 1.29 is 14.4 Å². The zero-order valence-electron chi connectivity index (χ0n) is 14.5. The topological polar surface area (TPSA) is 85.0 Å². The minimum Gasteiger partial charge on any atom is -0.399 e. The van der Waals surface area contributed by atoms with Crippen LogP contribution in [0, 0.1) is 0 Å². The molecule has 3 rings (SSSR count). The number of primary amides is 1. The van der Waals surface area contributed by atoms with Gasteiger partial charge in [-0.25, -0.2) is 0 Å². The van der Waals surface area contributed by atoms with Crippen LogP contribution >= 0.6 is 23.2 Å². The summed E-state index contributed by atoms with van der Waals surface area (Å²) in [4.78, 5) is 30.7. The Morgan fingerprint density at radius 3 is 2.37 bits per heavy atom. The molecule has 0 aliphatic carbocycles. The summed E-state index contributed by atoms with van der Waals surface area (Å²) in [6, 6.07) is 11.6. The highest BCUT2D eigenvalue weighted by atomic mass is 35.5. The van der Waals surface area contributed by atoms with Crippen LogP contribution in [0.2, 0.25) is 10.0 Å². The maximum Gasteiger partial charge on any atom is 0.254 e. The molecule has 1 aliphatic heterocycles. The van der Waals surface area contributed by atoms with E-state index in [1.807, 2.05) is 18.2 Å². The van der Waals surface area contributed by atoms with Crippen LogP contribution in [0.25, 0.3) is 11.1 Å². The highest BCUT2D eigenvalue weighted by Crippen LogP contribution is 2.29. The predicted molar refractivity (Wildman–Crippen MR) is 105 cm³/mol. The van der Waals surface area contributed by atoms with Gasteiger partial charge in [0, 0.05) is 12.0 Å². The number of likely N-dealkylation sites (tertiary alicyclic amines) is 1. The Morgan fingerprint density at radius 2 is 1.78 bits per heavy atom. The first-order chi connectivity index (χ1) is 12.9. The van der Waals surface area contributed by atoms with Crippen molar-refractivity contribution in [3.63, 3.8) is 0 Å². The minimum atomic E-state index is -0.735. The van der Waals surface area contributed by atoms with Gasteiger partial charge in [0.1, 0.15) is 13.2 Å². The van der Waals surface area contributed by atoms with E-state index in [-0.39, 0.29) is 18.9 Å². The molecule has 1 atom stereocenters. The molecular formula is C19H17Cl2N3O3. The zero-order chi connectivity index (χ0) is 19.6. The first kappa shape index (κ1) is 19.2. The number of rotatable bonds is 4. The van der Waals surface area contributed by atoms with Crippen molar-refractivity contribution in [2.75, 3.05) is 13.7 Å². The van der Waals surface area contributed by atoms with Gasteiger partial charge in [0.15, 0.2) is 0 Å². The molecule has 1 aliphatic rings. The molecule has 140 valence electrons. The average Bonchev–Trinajstić information content (AvgIpc) is 3.08. The first-order valence-corrected chi connectivity index (χ1v) is 8.91. The summed E-state index contributed by atoms with van der Waals surface area (Å²) < 4.78 is 0. The van der Waals surface area contributed by atoms with Gasteiger partial charge in [-0.3, -0.25) is 9.59 Å². The third kappa shape index (κ3) is 4.07. The van der Waals surface area contributed by atoms with Gasteiger partial charge in [0.05, 0.1) is 22.3 Å². The fourth-order valence-corrected chi connectivity index (χ4v) is 3.31. The molecule has 0 aromatic heterocycles. The highest BCUT2D eigenvalue weighted by Gasteiger charge is 2.37. The molecule has 8 heteroatoms. The van der Waals surface area contributed by atoms with Crippen molar-refractivity contribution in [1.29, 1.82) is 0 Å². The van der Waals surface area contributed by atoms with Crippen LogP contribution in [0.1, 0.15) is 16.8 Å². The molecule has 2 amide bonds. The quantitative estimate of drug-likeness (QED) is 0.791. The van der Waals surface area contributed by atoms with E-state index in [9.17, 15) is 9.59 Å². The van der Waals surface area contributed by atoms with Crippen LogP contribution in [0.4, 0.5) is 0 Å². The van der Waals surface area contributed by atoms with Crippen LogP contribution in [-0.2, 0) is 9.63 Å². The number of carbonyl (C=O) groups excluding carboxylic acids is 2. The van der Waals surface area contributed by atoms with Crippen LogP contribution < -0.4 is 5.73 Å². The molecule has 1 unspecified atom stereocenters. The highest BCUT2D eigenvalue weighted by molar-refractivity contribution is 6.42. The van der Waals surface area contributed by atoms with Gasteiger partial charge < -0.3 is 15.5 Å². The number of halogens is 2. The number of nitrogens with zero attached hydrogens (tertiary/aromatic N) is 2. The van der Waals surface area contributed by atoms with Crippen molar-refractivity contribution in [3.8, 4) is 11.1 Å². The van der Waals surface area contributed by atoms with Crippen molar-refractivity contribution in [3.05, 3.63) is 58.1 Å². The van der Waals surface area contributed by atoms with E-state index >= 15 is 0 Å². The van der Waals surface area contributed by atoms with Gasteiger partial charge in [0.25, 0.3) is 5.91 Å². The summed E-state index contributed by atoms with van der Waals surface area (Å²) in [6.07, 6.45) is 0.274. The summed E-state index contributed by atoms with van der Waals surface area (Å²) >= 11 is 12.0. The Bertz CT molecular complexity index is 913. The standard InChI is InChI=1S/C19H17Cl2N3O3/c1-27-23-14-9-17(18(22)25)24(10-14)19(26)12-4-2-11(3-5-12)13-6-7-15(20)16(21)8-13/h2-8,17H,9-10H2,1H3,(H2,22,25). The van der Waals surface area contributed by atoms with E-state index in [2.05, 4.69) is 5.16 Å². The van der Waals surface area contributed by atoms with E-state index < -0.39 is 11.9 Å². The van der Waals surface area contributed by atoms with E-state index in [0.717, 1.165) is 11.1 Å². The Morgan fingerprint density at radius 1 is 1.11 bits per heavy atom. The second-order valence-corrected chi connectivity index (χ2v) is 6.92. The summed E-state index contributed by atoms with van der Waals surface area (Å²) in [6.45, 7) is 0.203. The van der Waals surface area contributed by atoms with E-state index in [4.69, 9.17) is 33.8 Å². The second kappa shape index (κ2) is 7.98. The van der Waals surface area contributed by atoms with Crippen LogP contribution in [0.5, 0.6) is 0 Å². The number of hydrogen-bond donors (Lipinski definition) is 1. The number of carbonyl (C=O) groups is 2. The molecule has 0 spiro atoms. The molecule has 0 saturated carbocycles. The molecule has 2 aromatic rings. The monoisotopic (exact) mass is 405 g/mol. The minimum absolute atomic E-state index is 0.203. The molecule has 1 heterocycles. The van der Waals surface area contributed by atoms with E-state index in [1.54, 1.807) is 24.3 Å². The van der Waals surface area contributed by atoms with Gasteiger partial charge >= 0.3 is 0 Å². The summed E-state index contributed by atoms with van der Waals surface area (Å²) in [5.74, 6) is -0.863. The summed E-state index contributed by atoms with van der Waals surface area (Å²) in [5, 5.41) is 4.78. The van der Waals surface area contributed by atoms with Crippen molar-refractivity contribution in [1.82, 2.24) is 4.90 Å². The Labute approximate surface area is 166 Å². The largest absolute Gasteiger partial charge is 0.399 e. The Kier molecular flexibility index (Phi) is 5.68. The molecule has 27 heavy (non-hydrogen) atoms. The molecule has 1 fully saturated rings. The number of benzene rings is 2. The molecular weight excluding hydrogens is 389 g/mol. The van der Waals surface area contributed by atoms with Crippen LogP contribution in [-0.4, -0.2) is 42.1 Å². The lowest BCUT2D eigenvalue weighted by Crippen LogP contribution is -2.43. The molecule has 1 saturated heterocycles. The lowest BCUT2D eigenvalue weighted by molar-refractivity contribution is -0.121. The van der Waals surface area contributed by atoms with E-state index in [1.165, 1.54) is 12.0 Å². The third-order valence-corrected chi connectivity index (χ3v) is 5.09. The fourth-order valence-electron chi connectivity index (χ4n) is 3.01. The van der Waals surface area contributed by atoms with Gasteiger partial charge in [-0.05, 0) is 35.4 Å². The SMILES string of the molecule is CON=C1CC(C(N)=O)N(C(=O)c2ccc(-c3ccc(Cl)c(Cl)c3)cc2)C1. The van der Waals surface area contributed by atoms with E-state index in [0.29, 0.717) is 21.3 Å². The summed E-state index contributed by atoms with van der Waals surface area (Å²) in [5.41, 5.74) is 8.26. The molecule has 0 bridgehead atoms. The lowest BCUT2D eigenvalue weighted by Gasteiger charge is -2.21. The van der Waals surface area contributed by atoms with Gasteiger partial charge in [-0.2, -0.15) is 0 Å². The van der Waals surface area contributed by atoms with Crippen LogP contribution in [0.3, 0.4) is 0 Å². The number of oxime groups is 1. The zero-order valence-corrected chi connectivity index (χ0v) is 16.0. The normalized spacial score (nSPS) is 18.0. The maximum atomic E-state index is 12.8. The van der Waals surface area contributed by atoms with Gasteiger partial charge in [0.2, 0.25) is 5.91 Å². The molecule has 2 aromatic carbocycles. The second-order valence-electron chi connectivity index (χ2n) is 6.10. The van der Waals surface area contributed by atoms with Gasteiger partial charge in [-0.15, -0.1) is 0 Å². The maximum absolute atomic E-state index is 12.8. The molecule has 2 N–H and O–H groups in total. The van der Waals surface area contributed by atoms with Crippen LogP contribution in [0.15, 0.2) is 47.6 Å². The van der Waals surface area contributed by atoms with Crippen molar-refractivity contribution in [2.24, 2.45) is 10.9 Å². The third-order valence-electron chi connectivity index (χ3n) is 4.35. The smallest absolute Gasteiger partial charge is 0.254 e. The molecule has 0 radical (unpaired) electrons. The lowest BCUT2D eigenvalue weighted by atomic mass is 10.0. The molecule has 6 nitrogen and oxygen atoms in total. The van der Waals surface area contributed by atoms with Crippen molar-refractivity contribution >= 4 is 40.7 Å². The number of amides is 2. The van der Waals surface area contributed by atoms with Gasteiger partial charge in [-0.1, -0.05) is 46.6 Å². The Balaban J connectivity index is 1.83. The average molecular weight is 406 g/mol. The number of hydrogen-bond acceptors (Lipinski definition) is 4. The predicted octanol–water partition coefficient (Wildman–Crippen LogP) is 3.36. The Hall–Kier alpha value is -2.57. The van der Waals surface area contributed by atoms with Crippen molar-refractivity contribution in [2.45, 2.75) is 12.5 Å².